The van der Waals surface area contributed by atoms with Crippen molar-refractivity contribution in [2.75, 3.05) is 12.0 Å². The van der Waals surface area contributed by atoms with Crippen molar-refractivity contribution in [3.8, 4) is 0 Å². The Labute approximate surface area is 121 Å². The van der Waals surface area contributed by atoms with Crippen molar-refractivity contribution in [2.24, 2.45) is 5.84 Å². The summed E-state index contributed by atoms with van der Waals surface area (Å²) in [5.74, 6) is 5.30. The molecule has 112 valence electrons. The van der Waals surface area contributed by atoms with E-state index in [4.69, 9.17) is 5.84 Å². The quantitative estimate of drug-likeness (QED) is 0.646. The molecule has 6 heteroatoms. The van der Waals surface area contributed by atoms with E-state index in [1.807, 2.05) is 0 Å². The topological polar surface area (TPSA) is 75.4 Å². The molecule has 0 radical (unpaired) electrons. The van der Waals surface area contributed by atoms with E-state index in [1.165, 1.54) is 0 Å². The number of sulfonamides is 1. The number of piperidine rings is 1. The molecule has 0 aliphatic carbocycles. The molecule has 0 amide bonds. The molecule has 0 bridgehead atoms. The first-order chi connectivity index (χ1) is 9.59. The molecule has 0 saturated carbocycles. The maximum atomic E-state index is 12.7. The number of benzene rings is 1. The number of hydrogen-bond acceptors (Lipinski definition) is 4. The van der Waals surface area contributed by atoms with Gasteiger partial charge in [-0.2, -0.15) is 4.31 Å². The highest BCUT2D eigenvalue weighted by Crippen LogP contribution is 2.28. The summed E-state index contributed by atoms with van der Waals surface area (Å²) >= 11 is 0. The van der Waals surface area contributed by atoms with Crippen molar-refractivity contribution in [1.82, 2.24) is 4.31 Å². The molecule has 2 rings (SSSR count). The number of nitrogens with two attached hydrogens (primary N) is 1. The third kappa shape index (κ3) is 3.13. The van der Waals surface area contributed by atoms with E-state index in [-0.39, 0.29) is 6.04 Å². The van der Waals surface area contributed by atoms with Crippen molar-refractivity contribution in [3.63, 3.8) is 0 Å². The molecule has 1 aliphatic heterocycles. The predicted octanol–water partition coefficient (Wildman–Crippen LogP) is 2.32. The SMILES string of the molecule is CCCC1CCCCN1S(=O)(=O)c1ccc(NN)cc1. The lowest BCUT2D eigenvalue weighted by molar-refractivity contribution is 0.239. The Morgan fingerprint density at radius 3 is 2.60 bits per heavy atom. The maximum Gasteiger partial charge on any atom is 0.243 e. The summed E-state index contributed by atoms with van der Waals surface area (Å²) < 4.78 is 27.2. The molecule has 5 nitrogen and oxygen atoms in total. The van der Waals surface area contributed by atoms with Gasteiger partial charge in [0, 0.05) is 18.3 Å². The van der Waals surface area contributed by atoms with Crippen LogP contribution in [-0.4, -0.2) is 25.3 Å². The zero-order chi connectivity index (χ0) is 14.6. The van der Waals surface area contributed by atoms with Gasteiger partial charge in [-0.1, -0.05) is 19.8 Å². The number of nitrogens with one attached hydrogen (secondary N) is 1. The average Bonchev–Trinajstić information content (AvgIpc) is 2.48. The summed E-state index contributed by atoms with van der Waals surface area (Å²) in [7, 11) is -3.39. The van der Waals surface area contributed by atoms with Gasteiger partial charge >= 0.3 is 0 Å². The van der Waals surface area contributed by atoms with Gasteiger partial charge < -0.3 is 5.43 Å². The fourth-order valence-corrected chi connectivity index (χ4v) is 4.49. The summed E-state index contributed by atoms with van der Waals surface area (Å²) in [6.07, 6.45) is 4.97. The van der Waals surface area contributed by atoms with Crippen LogP contribution < -0.4 is 11.3 Å². The molecular weight excluding hydrogens is 274 g/mol. The second-order valence-corrected chi connectivity index (χ2v) is 7.11. The first-order valence-corrected chi connectivity index (χ1v) is 8.62. The van der Waals surface area contributed by atoms with E-state index in [2.05, 4.69) is 12.3 Å². The normalized spacial score (nSPS) is 20.8. The second-order valence-electron chi connectivity index (χ2n) is 5.22. The predicted molar refractivity (Wildman–Crippen MR) is 80.7 cm³/mol. The van der Waals surface area contributed by atoms with E-state index in [1.54, 1.807) is 28.6 Å². The Morgan fingerprint density at radius 2 is 2.00 bits per heavy atom. The zero-order valence-electron chi connectivity index (χ0n) is 11.9. The Hall–Kier alpha value is -1.11. The summed E-state index contributed by atoms with van der Waals surface area (Å²) in [4.78, 5) is 0.347. The van der Waals surface area contributed by atoms with E-state index < -0.39 is 10.0 Å². The number of rotatable bonds is 5. The van der Waals surface area contributed by atoms with Gasteiger partial charge in [0.1, 0.15) is 0 Å². The van der Waals surface area contributed by atoms with Crippen molar-refractivity contribution in [1.29, 1.82) is 0 Å². The second kappa shape index (κ2) is 6.56. The molecular formula is C14H23N3O2S. The molecule has 20 heavy (non-hydrogen) atoms. The summed E-state index contributed by atoms with van der Waals surface area (Å²) in [5.41, 5.74) is 3.21. The van der Waals surface area contributed by atoms with E-state index in [0.717, 1.165) is 32.1 Å². The largest absolute Gasteiger partial charge is 0.324 e. The number of nitrogen functional groups attached to an aromatic ring is 1. The number of hydrazine groups is 1. The molecule has 1 unspecified atom stereocenters. The van der Waals surface area contributed by atoms with Gasteiger partial charge in [-0.25, -0.2) is 8.42 Å². The van der Waals surface area contributed by atoms with Crippen LogP contribution in [0.1, 0.15) is 39.0 Å². The minimum atomic E-state index is -3.39. The van der Waals surface area contributed by atoms with Gasteiger partial charge in [0.2, 0.25) is 10.0 Å². The van der Waals surface area contributed by atoms with Crippen molar-refractivity contribution in [3.05, 3.63) is 24.3 Å². The Balaban J connectivity index is 2.26. The van der Waals surface area contributed by atoms with Crippen LogP contribution in [0.5, 0.6) is 0 Å². The van der Waals surface area contributed by atoms with Gasteiger partial charge in [0.05, 0.1) is 4.90 Å². The molecule has 1 aromatic carbocycles. The molecule has 1 heterocycles. The van der Waals surface area contributed by atoms with Crippen LogP contribution in [0.15, 0.2) is 29.2 Å². The Bertz CT molecular complexity index is 526. The third-order valence-corrected chi connectivity index (χ3v) is 5.79. The molecule has 3 N–H and O–H groups in total. The Kier molecular flexibility index (Phi) is 5.01. The fourth-order valence-electron chi connectivity index (χ4n) is 2.77. The van der Waals surface area contributed by atoms with Crippen molar-refractivity contribution < 1.29 is 8.42 Å². The van der Waals surface area contributed by atoms with E-state index in [0.29, 0.717) is 17.1 Å². The van der Waals surface area contributed by atoms with Gasteiger partial charge in [-0.3, -0.25) is 5.84 Å². The third-order valence-electron chi connectivity index (χ3n) is 3.82. The first-order valence-electron chi connectivity index (χ1n) is 7.18. The lowest BCUT2D eigenvalue weighted by Gasteiger charge is -2.34. The summed E-state index contributed by atoms with van der Waals surface area (Å²) in [5, 5.41) is 0. The van der Waals surface area contributed by atoms with Crippen LogP contribution >= 0.6 is 0 Å². The molecule has 1 fully saturated rings. The van der Waals surface area contributed by atoms with Crippen LogP contribution in [0.25, 0.3) is 0 Å². The van der Waals surface area contributed by atoms with Gasteiger partial charge in [-0.05, 0) is 43.5 Å². The smallest absolute Gasteiger partial charge is 0.243 e. The van der Waals surface area contributed by atoms with E-state index >= 15 is 0 Å². The van der Waals surface area contributed by atoms with Crippen LogP contribution in [0, 0.1) is 0 Å². The number of nitrogens with zero attached hydrogens (tertiary/aromatic N) is 1. The fraction of sp³-hybridized carbons (Fsp3) is 0.571. The standard InChI is InChI=1S/C14H23N3O2S/c1-2-5-13-6-3-4-11-17(13)20(18,19)14-9-7-12(16-15)8-10-14/h7-10,13,16H,2-6,11,15H2,1H3. The van der Waals surface area contributed by atoms with E-state index in [9.17, 15) is 8.42 Å². The van der Waals surface area contributed by atoms with Gasteiger partial charge in [-0.15, -0.1) is 0 Å². The highest BCUT2D eigenvalue weighted by atomic mass is 32.2. The number of anilines is 1. The van der Waals surface area contributed by atoms with Crippen LogP contribution in [0.4, 0.5) is 5.69 Å². The molecule has 1 atom stereocenters. The highest BCUT2D eigenvalue weighted by molar-refractivity contribution is 7.89. The Morgan fingerprint density at radius 1 is 1.30 bits per heavy atom. The molecule has 1 aromatic rings. The minimum Gasteiger partial charge on any atom is -0.324 e. The summed E-state index contributed by atoms with van der Waals surface area (Å²) in [6.45, 7) is 2.73. The lowest BCUT2D eigenvalue weighted by Crippen LogP contribution is -2.43. The maximum absolute atomic E-state index is 12.7. The lowest BCUT2D eigenvalue weighted by atomic mass is 10.0. The number of hydrogen-bond donors (Lipinski definition) is 2. The first kappa shape index (κ1) is 15.3. The molecule has 0 spiro atoms. The van der Waals surface area contributed by atoms with Gasteiger partial charge in [0.25, 0.3) is 0 Å². The monoisotopic (exact) mass is 297 g/mol. The van der Waals surface area contributed by atoms with Crippen LogP contribution in [0.2, 0.25) is 0 Å². The minimum absolute atomic E-state index is 0.145. The van der Waals surface area contributed by atoms with Crippen LogP contribution in [-0.2, 0) is 10.0 Å². The highest BCUT2D eigenvalue weighted by Gasteiger charge is 2.32. The van der Waals surface area contributed by atoms with Gasteiger partial charge in [0.15, 0.2) is 0 Å². The molecule has 1 aliphatic rings. The average molecular weight is 297 g/mol. The zero-order valence-corrected chi connectivity index (χ0v) is 12.7. The summed E-state index contributed by atoms with van der Waals surface area (Å²) in [6, 6.07) is 6.74. The van der Waals surface area contributed by atoms with Crippen molar-refractivity contribution in [2.45, 2.75) is 50.0 Å². The van der Waals surface area contributed by atoms with Crippen molar-refractivity contribution >= 4 is 15.7 Å². The van der Waals surface area contributed by atoms with Crippen LogP contribution in [0.3, 0.4) is 0 Å². The molecule has 1 saturated heterocycles. The molecule has 0 aromatic heterocycles.